The molecule has 0 fully saturated rings. The molecule has 0 aliphatic carbocycles. The monoisotopic (exact) mass is 387 g/mol. The van der Waals surface area contributed by atoms with E-state index in [9.17, 15) is 9.18 Å². The zero-order valence-corrected chi connectivity index (χ0v) is 15.5. The standard InChI is InChI=1S/C20H19ClFN3O2/c1-11-13(10-15-19(18(11)21)27-7-6-25-20(15)26)8-12-2-3-14(16(22)9-12)17(24)4-5-23/h2-5,9-10,23H,6-8,24H2,1H3,(H,25,26)/b17-4-,23-5?. The number of fused-ring (bicyclic) bond motifs is 1. The summed E-state index contributed by atoms with van der Waals surface area (Å²) >= 11 is 6.43. The fraction of sp³-hybridized carbons (Fsp3) is 0.200. The summed E-state index contributed by atoms with van der Waals surface area (Å²) < 4.78 is 20.0. The van der Waals surface area contributed by atoms with E-state index in [0.29, 0.717) is 41.5 Å². The van der Waals surface area contributed by atoms with E-state index >= 15 is 0 Å². The van der Waals surface area contributed by atoms with Crippen molar-refractivity contribution in [2.24, 2.45) is 5.73 Å². The van der Waals surface area contributed by atoms with Crippen molar-refractivity contribution in [1.29, 1.82) is 5.41 Å². The van der Waals surface area contributed by atoms with Crippen LogP contribution in [0.1, 0.15) is 32.6 Å². The molecule has 0 unspecified atom stereocenters. The van der Waals surface area contributed by atoms with Gasteiger partial charge in [0.15, 0.2) is 5.75 Å². The summed E-state index contributed by atoms with van der Waals surface area (Å²) in [6, 6.07) is 6.48. The second-order valence-electron chi connectivity index (χ2n) is 6.24. The van der Waals surface area contributed by atoms with Crippen LogP contribution >= 0.6 is 11.6 Å². The molecule has 140 valence electrons. The zero-order chi connectivity index (χ0) is 19.6. The Kier molecular flexibility index (Phi) is 5.46. The minimum atomic E-state index is -0.470. The number of nitrogens with one attached hydrogen (secondary N) is 2. The Labute approximate surface area is 161 Å². The number of rotatable bonds is 4. The minimum absolute atomic E-state index is 0.187. The van der Waals surface area contributed by atoms with E-state index in [1.54, 1.807) is 18.2 Å². The predicted octanol–water partition coefficient (Wildman–Crippen LogP) is 3.45. The number of ether oxygens (including phenoxy) is 1. The van der Waals surface area contributed by atoms with Crippen LogP contribution in [-0.2, 0) is 6.42 Å². The molecule has 27 heavy (non-hydrogen) atoms. The number of benzene rings is 2. The Morgan fingerprint density at radius 2 is 2.22 bits per heavy atom. The van der Waals surface area contributed by atoms with E-state index in [4.69, 9.17) is 27.5 Å². The molecule has 0 radical (unpaired) electrons. The minimum Gasteiger partial charge on any atom is -0.489 e. The van der Waals surface area contributed by atoms with Crippen LogP contribution in [0.5, 0.6) is 5.75 Å². The molecule has 7 heteroatoms. The first-order valence-corrected chi connectivity index (χ1v) is 8.78. The highest BCUT2D eigenvalue weighted by Crippen LogP contribution is 2.36. The first kappa shape index (κ1) is 18.9. The lowest BCUT2D eigenvalue weighted by Gasteiger charge is -2.15. The Hall–Kier alpha value is -2.86. The van der Waals surface area contributed by atoms with Crippen molar-refractivity contribution in [2.75, 3.05) is 13.2 Å². The van der Waals surface area contributed by atoms with E-state index in [1.807, 2.05) is 6.92 Å². The van der Waals surface area contributed by atoms with Gasteiger partial charge in [-0.2, -0.15) is 0 Å². The zero-order valence-electron chi connectivity index (χ0n) is 14.7. The van der Waals surface area contributed by atoms with Crippen molar-refractivity contribution < 1.29 is 13.9 Å². The molecule has 0 saturated carbocycles. The van der Waals surface area contributed by atoms with E-state index in [-0.39, 0.29) is 17.2 Å². The lowest BCUT2D eigenvalue weighted by atomic mass is 9.96. The Balaban J connectivity index is 1.98. The van der Waals surface area contributed by atoms with Crippen LogP contribution < -0.4 is 15.8 Å². The van der Waals surface area contributed by atoms with Gasteiger partial charge in [-0.3, -0.25) is 4.79 Å². The quantitative estimate of drug-likeness (QED) is 0.702. The molecule has 5 nitrogen and oxygen atoms in total. The number of carbonyl (C=O) groups is 1. The van der Waals surface area contributed by atoms with Crippen LogP contribution in [0.15, 0.2) is 30.3 Å². The van der Waals surface area contributed by atoms with Gasteiger partial charge in [-0.15, -0.1) is 0 Å². The van der Waals surface area contributed by atoms with Gasteiger partial charge in [-0.25, -0.2) is 4.39 Å². The highest BCUT2D eigenvalue weighted by molar-refractivity contribution is 6.33. The van der Waals surface area contributed by atoms with Crippen molar-refractivity contribution >= 4 is 29.4 Å². The van der Waals surface area contributed by atoms with Crippen LogP contribution in [0.25, 0.3) is 5.70 Å². The Bertz CT molecular complexity index is 957. The molecule has 2 aromatic rings. The van der Waals surface area contributed by atoms with Crippen molar-refractivity contribution in [3.8, 4) is 5.75 Å². The maximum Gasteiger partial charge on any atom is 0.255 e. The Morgan fingerprint density at radius 3 is 2.93 bits per heavy atom. The SMILES string of the molecule is Cc1c(Cc2ccc(/C(N)=C/C=N)c(F)c2)cc2c(c1Cl)OCCNC2=O. The Morgan fingerprint density at radius 1 is 1.44 bits per heavy atom. The van der Waals surface area contributed by atoms with Crippen LogP contribution in [0.4, 0.5) is 4.39 Å². The summed E-state index contributed by atoms with van der Waals surface area (Å²) in [5, 5.41) is 10.2. The van der Waals surface area contributed by atoms with Crippen LogP contribution in [0.3, 0.4) is 0 Å². The fourth-order valence-electron chi connectivity index (χ4n) is 2.99. The molecule has 1 amide bonds. The lowest BCUT2D eigenvalue weighted by Crippen LogP contribution is -2.24. The summed E-state index contributed by atoms with van der Waals surface area (Å²) in [5.41, 5.74) is 8.89. The molecule has 3 rings (SSSR count). The van der Waals surface area contributed by atoms with E-state index in [0.717, 1.165) is 17.3 Å². The molecule has 2 aromatic carbocycles. The summed E-state index contributed by atoms with van der Waals surface area (Å²) in [7, 11) is 0. The van der Waals surface area contributed by atoms with Crippen LogP contribution in [-0.4, -0.2) is 25.3 Å². The molecule has 0 aromatic heterocycles. The van der Waals surface area contributed by atoms with Gasteiger partial charge in [0.1, 0.15) is 12.4 Å². The molecule has 1 heterocycles. The van der Waals surface area contributed by atoms with Gasteiger partial charge >= 0.3 is 0 Å². The largest absolute Gasteiger partial charge is 0.489 e. The van der Waals surface area contributed by atoms with Gasteiger partial charge < -0.3 is 21.2 Å². The number of allylic oxidation sites excluding steroid dienone is 1. The van der Waals surface area contributed by atoms with Gasteiger partial charge in [0, 0.05) is 17.5 Å². The third-order valence-electron chi connectivity index (χ3n) is 4.45. The van der Waals surface area contributed by atoms with Gasteiger partial charge in [-0.1, -0.05) is 17.7 Å². The number of nitrogens with two attached hydrogens (primary N) is 1. The van der Waals surface area contributed by atoms with Crippen LogP contribution in [0.2, 0.25) is 5.02 Å². The number of halogens is 2. The van der Waals surface area contributed by atoms with E-state index in [2.05, 4.69) is 5.32 Å². The lowest BCUT2D eigenvalue weighted by molar-refractivity contribution is 0.0957. The summed E-state index contributed by atoms with van der Waals surface area (Å²) in [6.45, 7) is 2.61. The number of hydrogen-bond donors (Lipinski definition) is 3. The second-order valence-corrected chi connectivity index (χ2v) is 6.61. The molecule has 0 spiro atoms. The van der Waals surface area contributed by atoms with Gasteiger partial charge in [0.05, 0.1) is 17.1 Å². The first-order valence-electron chi connectivity index (χ1n) is 8.40. The third kappa shape index (κ3) is 3.80. The van der Waals surface area contributed by atoms with Crippen LogP contribution in [0, 0.1) is 18.2 Å². The molecule has 1 aliphatic rings. The normalized spacial score (nSPS) is 14.0. The first-order chi connectivity index (χ1) is 12.9. The van der Waals surface area contributed by atoms with Crippen molar-refractivity contribution in [1.82, 2.24) is 5.32 Å². The second kappa shape index (κ2) is 7.80. The average molecular weight is 388 g/mol. The molecule has 0 bridgehead atoms. The van der Waals surface area contributed by atoms with E-state index < -0.39 is 5.82 Å². The molecule has 0 atom stereocenters. The number of hydrogen-bond acceptors (Lipinski definition) is 4. The fourth-order valence-corrected chi connectivity index (χ4v) is 3.26. The maximum absolute atomic E-state index is 14.4. The van der Waals surface area contributed by atoms with E-state index in [1.165, 1.54) is 12.1 Å². The summed E-state index contributed by atoms with van der Waals surface area (Å²) in [6.07, 6.45) is 2.74. The highest BCUT2D eigenvalue weighted by Gasteiger charge is 2.23. The number of amides is 1. The molecular formula is C20H19ClFN3O2. The van der Waals surface area contributed by atoms with Gasteiger partial charge in [0.25, 0.3) is 5.91 Å². The smallest absolute Gasteiger partial charge is 0.255 e. The molecular weight excluding hydrogens is 369 g/mol. The van der Waals surface area contributed by atoms with Crippen molar-refractivity contribution in [3.63, 3.8) is 0 Å². The summed E-state index contributed by atoms with van der Waals surface area (Å²) in [4.78, 5) is 12.3. The predicted molar refractivity (Wildman–Crippen MR) is 104 cm³/mol. The van der Waals surface area contributed by atoms with Gasteiger partial charge in [-0.05, 0) is 54.3 Å². The number of carbonyl (C=O) groups excluding carboxylic acids is 1. The molecule has 0 saturated heterocycles. The van der Waals surface area contributed by atoms with Crippen molar-refractivity contribution in [2.45, 2.75) is 13.3 Å². The van der Waals surface area contributed by atoms with Crippen molar-refractivity contribution in [3.05, 3.63) is 69.0 Å². The highest BCUT2D eigenvalue weighted by atomic mass is 35.5. The average Bonchev–Trinajstić information content (AvgIpc) is 2.81. The summed E-state index contributed by atoms with van der Waals surface area (Å²) in [5.74, 6) is -0.321. The molecule has 1 aliphatic heterocycles. The maximum atomic E-state index is 14.4. The van der Waals surface area contributed by atoms with Gasteiger partial charge in [0.2, 0.25) is 0 Å². The molecule has 4 N–H and O–H groups in total. The third-order valence-corrected chi connectivity index (χ3v) is 4.91. The topological polar surface area (TPSA) is 88.2 Å².